The average molecular weight is 278 g/mol. The Morgan fingerprint density at radius 2 is 2.12 bits per heavy atom. The van der Waals surface area contributed by atoms with Crippen LogP contribution >= 0.6 is 11.6 Å². The molecule has 0 heterocycles. The fraction of sp³-hybridized carbons (Fsp3) is 0.455. The van der Waals surface area contributed by atoms with E-state index in [4.69, 9.17) is 16.7 Å². The van der Waals surface area contributed by atoms with Gasteiger partial charge >= 0.3 is 0 Å². The Balaban J connectivity index is 2.90. The lowest BCUT2D eigenvalue weighted by Gasteiger charge is -2.12. The van der Waals surface area contributed by atoms with Gasteiger partial charge in [0, 0.05) is 18.2 Å². The predicted molar refractivity (Wildman–Crippen MR) is 67.6 cm³/mol. The number of rotatable bonds is 5. The molecule has 0 saturated heterocycles. The van der Waals surface area contributed by atoms with Crippen molar-refractivity contribution in [2.75, 3.05) is 13.2 Å². The molecule has 2 N–H and O–H groups in total. The first-order valence-electron chi connectivity index (χ1n) is 5.23. The van der Waals surface area contributed by atoms with Crippen LogP contribution < -0.4 is 4.72 Å². The smallest absolute Gasteiger partial charge is 0.240 e. The van der Waals surface area contributed by atoms with E-state index >= 15 is 0 Å². The van der Waals surface area contributed by atoms with Crippen molar-refractivity contribution in [2.45, 2.75) is 18.7 Å². The van der Waals surface area contributed by atoms with E-state index in [0.717, 1.165) is 0 Å². The van der Waals surface area contributed by atoms with E-state index in [1.54, 1.807) is 26.0 Å². The number of aryl methyl sites for hydroxylation is 1. The van der Waals surface area contributed by atoms with Gasteiger partial charge in [-0.15, -0.1) is 0 Å². The Morgan fingerprint density at radius 1 is 1.47 bits per heavy atom. The van der Waals surface area contributed by atoms with Gasteiger partial charge < -0.3 is 5.11 Å². The largest absolute Gasteiger partial charge is 0.396 e. The van der Waals surface area contributed by atoms with E-state index < -0.39 is 10.0 Å². The van der Waals surface area contributed by atoms with E-state index in [2.05, 4.69) is 4.72 Å². The fourth-order valence-corrected chi connectivity index (χ4v) is 2.92. The number of aliphatic hydroxyl groups is 1. The monoisotopic (exact) mass is 277 g/mol. The maximum absolute atomic E-state index is 11.9. The second kappa shape index (κ2) is 5.82. The van der Waals surface area contributed by atoms with Gasteiger partial charge in [-0.1, -0.05) is 18.5 Å². The second-order valence-corrected chi connectivity index (χ2v) is 6.22. The Bertz CT molecular complexity index is 487. The van der Waals surface area contributed by atoms with E-state index in [1.165, 1.54) is 6.07 Å². The number of sulfonamides is 1. The van der Waals surface area contributed by atoms with E-state index in [9.17, 15) is 8.42 Å². The zero-order valence-corrected chi connectivity index (χ0v) is 11.3. The summed E-state index contributed by atoms with van der Waals surface area (Å²) in [6.45, 7) is 3.61. The van der Waals surface area contributed by atoms with Crippen LogP contribution in [0.4, 0.5) is 0 Å². The SMILES string of the molecule is Cc1cc(Cl)ccc1S(=O)(=O)NCC(C)CO. The normalized spacial score (nSPS) is 13.6. The van der Waals surface area contributed by atoms with Crippen LogP contribution in [0, 0.1) is 12.8 Å². The summed E-state index contributed by atoms with van der Waals surface area (Å²) in [5, 5.41) is 9.35. The number of halogens is 1. The zero-order chi connectivity index (χ0) is 13.1. The summed E-state index contributed by atoms with van der Waals surface area (Å²) in [4.78, 5) is 0.215. The molecule has 0 aliphatic heterocycles. The maximum Gasteiger partial charge on any atom is 0.240 e. The molecule has 0 radical (unpaired) electrons. The van der Waals surface area contributed by atoms with Gasteiger partial charge in [0.25, 0.3) is 0 Å². The Kier molecular flexibility index (Phi) is 4.94. The topological polar surface area (TPSA) is 66.4 Å². The van der Waals surface area contributed by atoms with Crippen LogP contribution in [0.15, 0.2) is 23.1 Å². The molecule has 0 spiro atoms. The molecule has 1 rings (SSSR count). The molecule has 0 aliphatic carbocycles. The molecular formula is C11H16ClNO3S. The number of aliphatic hydroxyl groups excluding tert-OH is 1. The third-order valence-electron chi connectivity index (χ3n) is 2.36. The molecular weight excluding hydrogens is 262 g/mol. The van der Waals surface area contributed by atoms with Gasteiger partial charge in [0.05, 0.1) is 4.90 Å². The first-order chi connectivity index (χ1) is 7.86. The Labute approximate surface area is 107 Å². The fourth-order valence-electron chi connectivity index (χ4n) is 1.31. The van der Waals surface area contributed by atoms with Crippen molar-refractivity contribution in [2.24, 2.45) is 5.92 Å². The summed E-state index contributed by atoms with van der Waals surface area (Å²) in [7, 11) is -3.53. The molecule has 1 unspecified atom stereocenters. The standard InChI is InChI=1S/C11H16ClNO3S/c1-8(7-14)6-13-17(15,16)11-4-3-10(12)5-9(11)2/h3-5,8,13-14H,6-7H2,1-2H3. The van der Waals surface area contributed by atoms with Crippen LogP contribution in [0.2, 0.25) is 5.02 Å². The van der Waals surface area contributed by atoms with Crippen molar-refractivity contribution in [1.82, 2.24) is 4.72 Å². The zero-order valence-electron chi connectivity index (χ0n) is 9.77. The minimum Gasteiger partial charge on any atom is -0.396 e. The molecule has 4 nitrogen and oxygen atoms in total. The average Bonchev–Trinajstić information content (AvgIpc) is 2.25. The van der Waals surface area contributed by atoms with Crippen molar-refractivity contribution in [1.29, 1.82) is 0 Å². The lowest BCUT2D eigenvalue weighted by Crippen LogP contribution is -2.30. The second-order valence-electron chi connectivity index (χ2n) is 4.05. The quantitative estimate of drug-likeness (QED) is 0.858. The molecule has 17 heavy (non-hydrogen) atoms. The van der Waals surface area contributed by atoms with Gasteiger partial charge in [0.1, 0.15) is 0 Å². The molecule has 1 aromatic carbocycles. The van der Waals surface area contributed by atoms with Crippen molar-refractivity contribution in [3.8, 4) is 0 Å². The Morgan fingerprint density at radius 3 is 2.65 bits per heavy atom. The van der Waals surface area contributed by atoms with Crippen LogP contribution in [-0.4, -0.2) is 26.7 Å². The molecule has 0 bridgehead atoms. The summed E-state index contributed by atoms with van der Waals surface area (Å²) < 4.78 is 26.4. The third-order valence-corrected chi connectivity index (χ3v) is 4.18. The van der Waals surface area contributed by atoms with Crippen LogP contribution in [0.5, 0.6) is 0 Å². The maximum atomic E-state index is 11.9. The van der Waals surface area contributed by atoms with Crippen molar-refractivity contribution >= 4 is 21.6 Å². The predicted octanol–water partition coefficient (Wildman–Crippen LogP) is 1.56. The van der Waals surface area contributed by atoms with Crippen molar-refractivity contribution < 1.29 is 13.5 Å². The number of nitrogens with one attached hydrogen (secondary N) is 1. The van der Waals surface area contributed by atoms with Gasteiger partial charge in [-0.05, 0) is 36.6 Å². The van der Waals surface area contributed by atoms with Gasteiger partial charge in [-0.3, -0.25) is 0 Å². The van der Waals surface area contributed by atoms with Crippen LogP contribution in [0.1, 0.15) is 12.5 Å². The summed E-state index contributed by atoms with van der Waals surface area (Å²) in [5.74, 6) is -0.114. The highest BCUT2D eigenvalue weighted by molar-refractivity contribution is 7.89. The first-order valence-corrected chi connectivity index (χ1v) is 7.09. The van der Waals surface area contributed by atoms with Gasteiger partial charge in [-0.2, -0.15) is 0 Å². The number of hydrogen-bond acceptors (Lipinski definition) is 3. The summed E-state index contributed by atoms with van der Waals surface area (Å²) in [6, 6.07) is 4.62. The van der Waals surface area contributed by atoms with Gasteiger partial charge in [0.15, 0.2) is 0 Å². The van der Waals surface area contributed by atoms with Crippen molar-refractivity contribution in [3.63, 3.8) is 0 Å². The molecule has 0 saturated carbocycles. The molecule has 0 aliphatic rings. The highest BCUT2D eigenvalue weighted by atomic mass is 35.5. The van der Waals surface area contributed by atoms with E-state index in [-0.39, 0.29) is 24.0 Å². The molecule has 6 heteroatoms. The van der Waals surface area contributed by atoms with Crippen molar-refractivity contribution in [3.05, 3.63) is 28.8 Å². The lowest BCUT2D eigenvalue weighted by atomic mass is 10.2. The third kappa shape index (κ3) is 3.96. The minimum atomic E-state index is -3.53. The first kappa shape index (κ1) is 14.4. The minimum absolute atomic E-state index is 0.0535. The molecule has 0 amide bonds. The summed E-state index contributed by atoms with van der Waals surface area (Å²) >= 11 is 5.77. The molecule has 96 valence electrons. The molecule has 0 aromatic heterocycles. The Hall–Kier alpha value is -0.620. The molecule has 1 aromatic rings. The highest BCUT2D eigenvalue weighted by Crippen LogP contribution is 2.19. The molecule has 1 atom stereocenters. The summed E-state index contributed by atoms with van der Waals surface area (Å²) in [6.07, 6.45) is 0. The highest BCUT2D eigenvalue weighted by Gasteiger charge is 2.17. The van der Waals surface area contributed by atoms with Gasteiger partial charge in [0.2, 0.25) is 10.0 Å². The molecule has 0 fully saturated rings. The van der Waals surface area contributed by atoms with Gasteiger partial charge in [-0.25, -0.2) is 13.1 Å². The number of benzene rings is 1. The van der Waals surface area contributed by atoms with E-state index in [1.807, 2.05) is 0 Å². The van der Waals surface area contributed by atoms with E-state index in [0.29, 0.717) is 10.6 Å². The van der Waals surface area contributed by atoms with Crippen LogP contribution in [0.3, 0.4) is 0 Å². The lowest BCUT2D eigenvalue weighted by molar-refractivity contribution is 0.238. The summed E-state index contributed by atoms with van der Waals surface area (Å²) in [5.41, 5.74) is 0.599. The van der Waals surface area contributed by atoms with Crippen LogP contribution in [-0.2, 0) is 10.0 Å². The number of hydrogen-bond donors (Lipinski definition) is 2. The van der Waals surface area contributed by atoms with Crippen LogP contribution in [0.25, 0.3) is 0 Å².